The van der Waals surface area contributed by atoms with Crippen molar-refractivity contribution in [1.29, 1.82) is 0 Å². The largest absolute Gasteiger partial charge is 0.497 e. The fourth-order valence-electron chi connectivity index (χ4n) is 2.08. The zero-order valence-electron chi connectivity index (χ0n) is 12.2. The molecule has 100 valence electrons. The summed E-state index contributed by atoms with van der Waals surface area (Å²) in [7, 11) is 1.67. The number of nitrogens with zero attached hydrogens (tertiary/aromatic N) is 2. The van der Waals surface area contributed by atoms with Crippen LogP contribution in [0.25, 0.3) is 11.3 Å². The van der Waals surface area contributed by atoms with Gasteiger partial charge in [-0.2, -0.15) is 0 Å². The van der Waals surface area contributed by atoms with Crippen molar-refractivity contribution in [2.75, 3.05) is 7.11 Å². The Morgan fingerprint density at radius 1 is 1.16 bits per heavy atom. The van der Waals surface area contributed by atoms with E-state index in [0.29, 0.717) is 0 Å². The van der Waals surface area contributed by atoms with Gasteiger partial charge in [-0.25, -0.2) is 4.98 Å². The molecule has 0 radical (unpaired) electrons. The lowest BCUT2D eigenvalue weighted by atomic mass is 9.90. The predicted octanol–water partition coefficient (Wildman–Crippen LogP) is 3.76. The Morgan fingerprint density at radius 2 is 1.89 bits per heavy atom. The number of aromatic nitrogens is 2. The second-order valence-electron chi connectivity index (χ2n) is 5.67. The summed E-state index contributed by atoms with van der Waals surface area (Å²) < 4.78 is 5.25. The van der Waals surface area contributed by atoms with Crippen molar-refractivity contribution in [3.63, 3.8) is 0 Å². The molecule has 1 aromatic heterocycles. The smallest absolute Gasteiger partial charge is 0.119 e. The first-order valence-corrected chi connectivity index (χ1v) is 6.40. The predicted molar refractivity (Wildman–Crippen MR) is 77.5 cm³/mol. The minimum Gasteiger partial charge on any atom is -0.497 e. The van der Waals surface area contributed by atoms with Crippen molar-refractivity contribution in [1.82, 2.24) is 9.97 Å². The van der Waals surface area contributed by atoms with E-state index in [4.69, 9.17) is 9.72 Å². The molecule has 3 nitrogen and oxygen atoms in total. The van der Waals surface area contributed by atoms with Crippen LogP contribution in [0.5, 0.6) is 5.75 Å². The number of aryl methyl sites for hydroxylation is 1. The Kier molecular flexibility index (Phi) is 3.56. The summed E-state index contributed by atoms with van der Waals surface area (Å²) in [5.74, 6) is 0.831. The molecule has 0 saturated heterocycles. The molecule has 0 unspecified atom stereocenters. The molecule has 1 aromatic carbocycles. The Balaban J connectivity index is 2.51. The third kappa shape index (κ3) is 2.92. The van der Waals surface area contributed by atoms with Crippen molar-refractivity contribution in [2.45, 2.75) is 33.1 Å². The van der Waals surface area contributed by atoms with Gasteiger partial charge in [0.05, 0.1) is 30.4 Å². The molecule has 0 spiro atoms. The van der Waals surface area contributed by atoms with Crippen LogP contribution in [0.1, 0.15) is 32.2 Å². The van der Waals surface area contributed by atoms with E-state index in [1.807, 2.05) is 37.4 Å². The van der Waals surface area contributed by atoms with Crippen LogP contribution in [-0.4, -0.2) is 17.1 Å². The van der Waals surface area contributed by atoms with Crippen LogP contribution in [0.3, 0.4) is 0 Å². The highest BCUT2D eigenvalue weighted by molar-refractivity contribution is 5.60. The summed E-state index contributed by atoms with van der Waals surface area (Å²) in [6.45, 7) is 8.46. The van der Waals surface area contributed by atoms with Crippen LogP contribution in [0.15, 0.2) is 30.5 Å². The van der Waals surface area contributed by atoms with Crippen LogP contribution in [-0.2, 0) is 5.41 Å². The molecule has 1 heterocycles. The Morgan fingerprint density at radius 3 is 2.53 bits per heavy atom. The van der Waals surface area contributed by atoms with E-state index in [1.54, 1.807) is 7.11 Å². The van der Waals surface area contributed by atoms with Gasteiger partial charge in [0.2, 0.25) is 0 Å². The van der Waals surface area contributed by atoms with Crippen LogP contribution in [0.4, 0.5) is 0 Å². The SMILES string of the molecule is COc1cccc(-c2cnc(C)c(C(C)(C)C)n2)c1. The average Bonchev–Trinajstić information content (AvgIpc) is 2.38. The van der Waals surface area contributed by atoms with Gasteiger partial charge in [-0.1, -0.05) is 32.9 Å². The van der Waals surface area contributed by atoms with Gasteiger partial charge in [-0.15, -0.1) is 0 Å². The summed E-state index contributed by atoms with van der Waals surface area (Å²) in [5.41, 5.74) is 3.92. The molecule has 0 bridgehead atoms. The maximum Gasteiger partial charge on any atom is 0.119 e. The number of hydrogen-bond donors (Lipinski definition) is 0. The van der Waals surface area contributed by atoms with Gasteiger partial charge in [0, 0.05) is 11.0 Å². The standard InChI is InChI=1S/C16H20N2O/c1-11-15(16(2,3)4)18-14(10-17-11)12-7-6-8-13(9-12)19-5/h6-10H,1-5H3. The van der Waals surface area contributed by atoms with Crippen molar-refractivity contribution in [3.05, 3.63) is 41.9 Å². The van der Waals surface area contributed by atoms with E-state index in [0.717, 1.165) is 28.4 Å². The summed E-state index contributed by atoms with van der Waals surface area (Å²) in [4.78, 5) is 9.25. The molecule has 3 heteroatoms. The molecule has 19 heavy (non-hydrogen) atoms. The maximum absolute atomic E-state index is 5.25. The minimum absolute atomic E-state index is 0.00798. The molecule has 2 aromatic rings. The van der Waals surface area contributed by atoms with Crippen LogP contribution in [0, 0.1) is 6.92 Å². The number of hydrogen-bond acceptors (Lipinski definition) is 3. The fraction of sp³-hybridized carbons (Fsp3) is 0.375. The lowest BCUT2D eigenvalue weighted by Crippen LogP contribution is -2.16. The summed E-state index contributed by atoms with van der Waals surface area (Å²) in [5, 5.41) is 0. The van der Waals surface area contributed by atoms with E-state index in [-0.39, 0.29) is 5.41 Å². The van der Waals surface area contributed by atoms with E-state index < -0.39 is 0 Å². The number of ether oxygens (including phenoxy) is 1. The van der Waals surface area contributed by atoms with Gasteiger partial charge in [0.25, 0.3) is 0 Å². The van der Waals surface area contributed by atoms with Gasteiger partial charge in [-0.3, -0.25) is 4.98 Å². The van der Waals surface area contributed by atoms with Crippen LogP contribution >= 0.6 is 0 Å². The molecule has 0 amide bonds. The lowest BCUT2D eigenvalue weighted by molar-refractivity contribution is 0.415. The topological polar surface area (TPSA) is 35.0 Å². The molecule has 0 atom stereocenters. The highest BCUT2D eigenvalue weighted by Gasteiger charge is 2.19. The zero-order valence-corrected chi connectivity index (χ0v) is 12.2. The molecule has 0 saturated carbocycles. The zero-order chi connectivity index (χ0) is 14.0. The Hall–Kier alpha value is -1.90. The van der Waals surface area contributed by atoms with Gasteiger partial charge in [-0.05, 0) is 19.1 Å². The lowest BCUT2D eigenvalue weighted by Gasteiger charge is -2.20. The summed E-state index contributed by atoms with van der Waals surface area (Å²) >= 11 is 0. The molecule has 0 N–H and O–H groups in total. The average molecular weight is 256 g/mol. The van der Waals surface area contributed by atoms with Crippen molar-refractivity contribution < 1.29 is 4.74 Å². The molecular formula is C16H20N2O. The summed E-state index contributed by atoms with van der Waals surface area (Å²) in [6, 6.07) is 7.89. The fourth-order valence-corrected chi connectivity index (χ4v) is 2.08. The number of methoxy groups -OCH3 is 1. The maximum atomic E-state index is 5.25. The first-order chi connectivity index (χ1) is 8.91. The van der Waals surface area contributed by atoms with E-state index in [1.165, 1.54) is 0 Å². The van der Waals surface area contributed by atoms with Gasteiger partial charge in [0.1, 0.15) is 5.75 Å². The van der Waals surface area contributed by atoms with Gasteiger partial charge >= 0.3 is 0 Å². The first kappa shape index (κ1) is 13.5. The monoisotopic (exact) mass is 256 g/mol. The second-order valence-corrected chi connectivity index (χ2v) is 5.67. The molecule has 2 rings (SSSR count). The summed E-state index contributed by atoms with van der Waals surface area (Å²) in [6.07, 6.45) is 1.82. The van der Waals surface area contributed by atoms with Crippen molar-refractivity contribution in [3.8, 4) is 17.0 Å². The van der Waals surface area contributed by atoms with Gasteiger partial charge < -0.3 is 4.74 Å². The number of rotatable bonds is 2. The van der Waals surface area contributed by atoms with E-state index in [9.17, 15) is 0 Å². The molecular weight excluding hydrogens is 236 g/mol. The van der Waals surface area contributed by atoms with Crippen LogP contribution in [0.2, 0.25) is 0 Å². The van der Waals surface area contributed by atoms with Gasteiger partial charge in [0.15, 0.2) is 0 Å². The highest BCUT2D eigenvalue weighted by Crippen LogP contribution is 2.27. The number of benzene rings is 1. The second kappa shape index (κ2) is 5.00. The van der Waals surface area contributed by atoms with Crippen molar-refractivity contribution >= 4 is 0 Å². The Labute approximate surface area is 114 Å². The van der Waals surface area contributed by atoms with E-state index >= 15 is 0 Å². The minimum atomic E-state index is -0.00798. The normalized spacial score (nSPS) is 11.4. The third-order valence-corrected chi connectivity index (χ3v) is 3.03. The van der Waals surface area contributed by atoms with E-state index in [2.05, 4.69) is 25.8 Å². The first-order valence-electron chi connectivity index (χ1n) is 6.40. The molecule has 0 aliphatic carbocycles. The van der Waals surface area contributed by atoms with Crippen LogP contribution < -0.4 is 4.74 Å². The molecule has 0 aliphatic heterocycles. The molecule has 0 fully saturated rings. The van der Waals surface area contributed by atoms with Crippen molar-refractivity contribution in [2.24, 2.45) is 0 Å². The quantitative estimate of drug-likeness (QED) is 0.820. The highest BCUT2D eigenvalue weighted by atomic mass is 16.5. The third-order valence-electron chi connectivity index (χ3n) is 3.03. The Bertz CT molecular complexity index is 586. The molecule has 0 aliphatic rings.